The molecule has 3 heteroatoms. The van der Waals surface area contributed by atoms with Gasteiger partial charge in [0.1, 0.15) is 11.6 Å². The first-order chi connectivity index (χ1) is 6.58. The zero-order valence-corrected chi connectivity index (χ0v) is 8.61. The molecule has 1 fully saturated rings. The van der Waals surface area contributed by atoms with Crippen molar-refractivity contribution in [3.8, 4) is 0 Å². The highest BCUT2D eigenvalue weighted by Gasteiger charge is 2.51. The molecule has 0 aromatic heterocycles. The Morgan fingerprint density at radius 2 is 2.21 bits per heavy atom. The Kier molecular flexibility index (Phi) is 2.26. The van der Waals surface area contributed by atoms with Crippen molar-refractivity contribution >= 4 is 11.6 Å². The molecule has 0 heterocycles. The molecule has 2 rings (SSSR count). The summed E-state index contributed by atoms with van der Waals surface area (Å²) in [5.41, 5.74) is 0.407. The molecule has 0 bridgehead atoms. The lowest BCUT2D eigenvalue weighted by atomic mass is 9.95. The Hall–Kier alpha value is -0.630. The molecular formula is C11H11ClF2. The van der Waals surface area contributed by atoms with E-state index in [1.165, 1.54) is 12.1 Å². The predicted molar refractivity (Wildman–Crippen MR) is 52.5 cm³/mol. The van der Waals surface area contributed by atoms with E-state index in [2.05, 4.69) is 0 Å². The SMILES string of the molecule is CC1(c2ccc(F)cc2F)CC1CCl. The normalized spacial score (nSPS) is 30.4. The molecule has 0 aliphatic heterocycles. The Labute approximate surface area is 86.9 Å². The van der Waals surface area contributed by atoms with Crippen LogP contribution >= 0.6 is 11.6 Å². The van der Waals surface area contributed by atoms with Crippen molar-refractivity contribution in [2.24, 2.45) is 5.92 Å². The second-order valence-corrected chi connectivity index (χ2v) is 4.41. The Bertz CT molecular complexity index is 364. The fourth-order valence-electron chi connectivity index (χ4n) is 1.96. The summed E-state index contributed by atoms with van der Waals surface area (Å²) in [4.78, 5) is 0. The molecule has 76 valence electrons. The molecule has 1 aromatic carbocycles. The van der Waals surface area contributed by atoms with Gasteiger partial charge in [0, 0.05) is 11.9 Å². The van der Waals surface area contributed by atoms with Crippen LogP contribution in [0.4, 0.5) is 8.78 Å². The van der Waals surface area contributed by atoms with Gasteiger partial charge in [-0.2, -0.15) is 0 Å². The predicted octanol–water partition coefficient (Wildman–Crippen LogP) is 3.48. The third-order valence-electron chi connectivity index (χ3n) is 3.14. The molecule has 0 N–H and O–H groups in total. The van der Waals surface area contributed by atoms with Crippen molar-refractivity contribution in [1.29, 1.82) is 0 Å². The maximum Gasteiger partial charge on any atom is 0.129 e. The van der Waals surface area contributed by atoms with Gasteiger partial charge in [-0.3, -0.25) is 0 Å². The minimum absolute atomic E-state index is 0.181. The minimum Gasteiger partial charge on any atom is -0.207 e. The summed E-state index contributed by atoms with van der Waals surface area (Å²) >= 11 is 5.72. The zero-order valence-electron chi connectivity index (χ0n) is 7.86. The van der Waals surface area contributed by atoms with Crippen molar-refractivity contribution in [1.82, 2.24) is 0 Å². The highest BCUT2D eigenvalue weighted by molar-refractivity contribution is 6.18. The summed E-state index contributed by atoms with van der Waals surface area (Å²) < 4.78 is 26.1. The fourth-order valence-corrected chi connectivity index (χ4v) is 2.41. The average Bonchev–Trinajstić information content (AvgIpc) is 2.77. The largest absolute Gasteiger partial charge is 0.207 e. The van der Waals surface area contributed by atoms with E-state index in [0.29, 0.717) is 17.4 Å². The van der Waals surface area contributed by atoms with Crippen molar-refractivity contribution < 1.29 is 8.78 Å². The number of hydrogen-bond donors (Lipinski definition) is 0. The average molecular weight is 217 g/mol. The van der Waals surface area contributed by atoms with Gasteiger partial charge in [0.2, 0.25) is 0 Å². The first-order valence-electron chi connectivity index (χ1n) is 4.59. The molecular weight excluding hydrogens is 206 g/mol. The second-order valence-electron chi connectivity index (χ2n) is 4.10. The quantitative estimate of drug-likeness (QED) is 0.664. The first kappa shape index (κ1) is 9.91. The fraction of sp³-hybridized carbons (Fsp3) is 0.455. The third kappa shape index (κ3) is 1.42. The van der Waals surface area contributed by atoms with Crippen LogP contribution in [0.1, 0.15) is 18.9 Å². The van der Waals surface area contributed by atoms with Gasteiger partial charge in [-0.25, -0.2) is 8.78 Å². The summed E-state index contributed by atoms with van der Waals surface area (Å²) in [6.45, 7) is 1.97. The van der Waals surface area contributed by atoms with Gasteiger partial charge in [0.15, 0.2) is 0 Å². The van der Waals surface area contributed by atoms with Crippen LogP contribution in [0.2, 0.25) is 0 Å². The number of alkyl halides is 1. The highest BCUT2D eigenvalue weighted by atomic mass is 35.5. The van der Waals surface area contributed by atoms with Crippen molar-refractivity contribution in [3.05, 3.63) is 35.4 Å². The Balaban J connectivity index is 2.34. The van der Waals surface area contributed by atoms with Crippen LogP contribution in [-0.2, 0) is 5.41 Å². The van der Waals surface area contributed by atoms with E-state index in [-0.39, 0.29) is 5.41 Å². The van der Waals surface area contributed by atoms with E-state index in [1.54, 1.807) is 0 Å². The third-order valence-corrected chi connectivity index (χ3v) is 3.52. The van der Waals surface area contributed by atoms with Crippen molar-refractivity contribution in [3.63, 3.8) is 0 Å². The van der Waals surface area contributed by atoms with Gasteiger partial charge < -0.3 is 0 Å². The van der Waals surface area contributed by atoms with Gasteiger partial charge in [-0.15, -0.1) is 11.6 Å². The standard InChI is InChI=1S/C11H11ClF2/c1-11(5-7(11)6-12)9-3-2-8(13)4-10(9)14/h2-4,7H,5-6H2,1H3. The number of hydrogen-bond acceptors (Lipinski definition) is 0. The van der Waals surface area contributed by atoms with Gasteiger partial charge in [0.25, 0.3) is 0 Å². The van der Waals surface area contributed by atoms with Crippen LogP contribution in [-0.4, -0.2) is 5.88 Å². The molecule has 1 saturated carbocycles. The lowest BCUT2D eigenvalue weighted by Gasteiger charge is -2.11. The Morgan fingerprint density at radius 3 is 2.71 bits per heavy atom. The smallest absolute Gasteiger partial charge is 0.129 e. The van der Waals surface area contributed by atoms with Crippen LogP contribution < -0.4 is 0 Å². The van der Waals surface area contributed by atoms with Crippen molar-refractivity contribution in [2.75, 3.05) is 5.88 Å². The van der Waals surface area contributed by atoms with Crippen LogP contribution in [0.25, 0.3) is 0 Å². The Morgan fingerprint density at radius 1 is 1.50 bits per heavy atom. The molecule has 0 saturated heterocycles. The van der Waals surface area contributed by atoms with Gasteiger partial charge in [0.05, 0.1) is 0 Å². The van der Waals surface area contributed by atoms with Crippen LogP contribution in [0.15, 0.2) is 18.2 Å². The maximum atomic E-state index is 13.4. The van der Waals surface area contributed by atoms with E-state index in [4.69, 9.17) is 11.6 Å². The molecule has 0 amide bonds. The summed E-state index contributed by atoms with van der Waals surface area (Å²) in [5, 5.41) is 0. The molecule has 14 heavy (non-hydrogen) atoms. The van der Waals surface area contributed by atoms with Crippen LogP contribution in [0.3, 0.4) is 0 Å². The molecule has 2 unspecified atom stereocenters. The summed E-state index contributed by atoms with van der Waals surface area (Å²) in [7, 11) is 0. The van der Waals surface area contributed by atoms with Crippen LogP contribution in [0.5, 0.6) is 0 Å². The molecule has 0 radical (unpaired) electrons. The summed E-state index contributed by atoms with van der Waals surface area (Å²) in [6.07, 6.45) is 0.888. The van der Waals surface area contributed by atoms with E-state index in [1.807, 2.05) is 6.92 Å². The topological polar surface area (TPSA) is 0 Å². The number of benzene rings is 1. The van der Waals surface area contributed by atoms with E-state index in [0.717, 1.165) is 12.5 Å². The summed E-state index contributed by atoms with van der Waals surface area (Å²) in [6, 6.07) is 3.76. The second kappa shape index (κ2) is 3.20. The maximum absolute atomic E-state index is 13.4. The van der Waals surface area contributed by atoms with Gasteiger partial charge in [-0.05, 0) is 29.4 Å². The summed E-state index contributed by atoms with van der Waals surface area (Å²) in [5.74, 6) is -0.130. The molecule has 2 atom stereocenters. The lowest BCUT2D eigenvalue weighted by Crippen LogP contribution is -2.08. The van der Waals surface area contributed by atoms with Crippen molar-refractivity contribution in [2.45, 2.75) is 18.8 Å². The van der Waals surface area contributed by atoms with E-state index < -0.39 is 11.6 Å². The lowest BCUT2D eigenvalue weighted by molar-refractivity contribution is 0.549. The van der Waals surface area contributed by atoms with E-state index in [9.17, 15) is 8.78 Å². The minimum atomic E-state index is -0.530. The molecule has 0 nitrogen and oxygen atoms in total. The first-order valence-corrected chi connectivity index (χ1v) is 5.13. The van der Waals surface area contributed by atoms with Gasteiger partial charge >= 0.3 is 0 Å². The zero-order chi connectivity index (χ0) is 10.3. The molecule has 1 aliphatic rings. The number of halogens is 3. The monoisotopic (exact) mass is 216 g/mol. The highest BCUT2D eigenvalue weighted by Crippen LogP contribution is 2.54. The number of rotatable bonds is 2. The van der Waals surface area contributed by atoms with Gasteiger partial charge in [-0.1, -0.05) is 13.0 Å². The van der Waals surface area contributed by atoms with Crippen LogP contribution in [0, 0.1) is 17.6 Å². The molecule has 1 aromatic rings. The molecule has 1 aliphatic carbocycles. The van der Waals surface area contributed by atoms with E-state index >= 15 is 0 Å². The molecule has 0 spiro atoms.